The first-order valence-electron chi connectivity index (χ1n) is 6.75. The van der Waals surface area contributed by atoms with E-state index >= 15 is 0 Å². The van der Waals surface area contributed by atoms with Crippen molar-refractivity contribution in [1.29, 1.82) is 0 Å². The largest absolute Gasteiger partial charge is 0.360 e. The molecule has 3 nitrogen and oxygen atoms in total. The molecule has 1 aromatic heterocycles. The monoisotopic (exact) mass is 261 g/mol. The molecule has 1 N–H and O–H groups in total. The zero-order valence-corrected chi connectivity index (χ0v) is 11.5. The third kappa shape index (κ3) is 2.64. The average molecular weight is 261 g/mol. The van der Waals surface area contributed by atoms with Gasteiger partial charge in [0.05, 0.1) is 11.7 Å². The first-order chi connectivity index (χ1) is 8.75. The van der Waals surface area contributed by atoms with Crippen LogP contribution >= 0.6 is 12.2 Å². The van der Waals surface area contributed by atoms with Crippen molar-refractivity contribution in [3.05, 3.63) is 30.1 Å². The second kappa shape index (κ2) is 4.84. The van der Waals surface area contributed by atoms with Crippen LogP contribution in [0.1, 0.15) is 44.3 Å². The summed E-state index contributed by atoms with van der Waals surface area (Å²) < 4.78 is 0. The number of hydrogen-bond donors (Lipinski definition) is 1. The van der Waals surface area contributed by atoms with Crippen molar-refractivity contribution in [3.63, 3.8) is 0 Å². The number of hydrogen-bond acceptors (Lipinski definition) is 2. The van der Waals surface area contributed by atoms with Crippen molar-refractivity contribution >= 4 is 17.3 Å². The van der Waals surface area contributed by atoms with Gasteiger partial charge < -0.3 is 10.2 Å². The van der Waals surface area contributed by atoms with Crippen LogP contribution in [0.4, 0.5) is 0 Å². The maximum Gasteiger partial charge on any atom is 0.169 e. The van der Waals surface area contributed by atoms with Crippen LogP contribution in [0.2, 0.25) is 0 Å². The number of nitrogens with zero attached hydrogens (tertiary/aromatic N) is 2. The predicted octanol–water partition coefficient (Wildman–Crippen LogP) is 2.64. The van der Waals surface area contributed by atoms with Crippen LogP contribution in [0, 0.1) is 0 Å². The van der Waals surface area contributed by atoms with Crippen LogP contribution in [0.5, 0.6) is 0 Å². The molecule has 2 fully saturated rings. The van der Waals surface area contributed by atoms with Gasteiger partial charge in [0.15, 0.2) is 5.11 Å². The van der Waals surface area contributed by atoms with Crippen LogP contribution in [-0.4, -0.2) is 27.1 Å². The van der Waals surface area contributed by atoms with E-state index in [0.717, 1.165) is 10.8 Å². The van der Waals surface area contributed by atoms with Crippen LogP contribution in [0.15, 0.2) is 24.4 Å². The summed E-state index contributed by atoms with van der Waals surface area (Å²) in [4.78, 5) is 6.80. The van der Waals surface area contributed by atoms with Gasteiger partial charge in [-0.05, 0) is 57.0 Å². The Balaban J connectivity index is 1.74. The van der Waals surface area contributed by atoms with Crippen LogP contribution in [-0.2, 0) is 0 Å². The average Bonchev–Trinajstić information content (AvgIpc) is 3.25. The van der Waals surface area contributed by atoms with Gasteiger partial charge in [0.25, 0.3) is 0 Å². The molecule has 2 saturated carbocycles. The fourth-order valence-corrected chi connectivity index (χ4v) is 2.73. The molecule has 0 radical (unpaired) electrons. The van der Waals surface area contributed by atoms with Crippen molar-refractivity contribution in [1.82, 2.24) is 15.2 Å². The molecule has 2 aliphatic rings. The van der Waals surface area contributed by atoms with Crippen LogP contribution in [0.25, 0.3) is 0 Å². The molecule has 0 spiro atoms. The normalized spacial score (nSPS) is 20.3. The third-order valence-electron chi connectivity index (χ3n) is 3.61. The van der Waals surface area contributed by atoms with Gasteiger partial charge in [-0.3, -0.25) is 4.98 Å². The van der Waals surface area contributed by atoms with Crippen LogP contribution < -0.4 is 5.32 Å². The van der Waals surface area contributed by atoms with Crippen molar-refractivity contribution in [3.8, 4) is 0 Å². The first kappa shape index (κ1) is 11.9. The standard InChI is InChI=1S/C14H19N3S/c1-10(13-4-2-3-9-15-13)17(12-7-8-12)14(18)16-11-5-6-11/h2-4,9-12H,5-8H2,1H3,(H,16,18). The smallest absolute Gasteiger partial charge is 0.169 e. The molecule has 1 aromatic rings. The summed E-state index contributed by atoms with van der Waals surface area (Å²) in [5.74, 6) is 0. The fraction of sp³-hybridized carbons (Fsp3) is 0.571. The van der Waals surface area contributed by atoms with E-state index in [4.69, 9.17) is 12.2 Å². The summed E-state index contributed by atoms with van der Waals surface area (Å²) in [5, 5.41) is 4.37. The lowest BCUT2D eigenvalue weighted by molar-refractivity contribution is 0.316. The van der Waals surface area contributed by atoms with E-state index in [0.29, 0.717) is 12.1 Å². The predicted molar refractivity (Wildman–Crippen MR) is 76.3 cm³/mol. The lowest BCUT2D eigenvalue weighted by Gasteiger charge is -2.31. The van der Waals surface area contributed by atoms with E-state index in [1.54, 1.807) is 0 Å². The van der Waals surface area contributed by atoms with Crippen molar-refractivity contribution < 1.29 is 0 Å². The summed E-state index contributed by atoms with van der Waals surface area (Å²) >= 11 is 5.57. The zero-order valence-electron chi connectivity index (χ0n) is 10.7. The number of nitrogens with one attached hydrogen (secondary N) is 1. The van der Waals surface area contributed by atoms with Crippen molar-refractivity contribution in [2.45, 2.75) is 50.7 Å². The highest BCUT2D eigenvalue weighted by Gasteiger charge is 2.36. The van der Waals surface area contributed by atoms with E-state index in [1.165, 1.54) is 25.7 Å². The maximum atomic E-state index is 5.57. The highest BCUT2D eigenvalue weighted by Crippen LogP contribution is 2.34. The van der Waals surface area contributed by atoms with E-state index in [1.807, 2.05) is 18.3 Å². The summed E-state index contributed by atoms with van der Waals surface area (Å²) in [7, 11) is 0. The minimum atomic E-state index is 0.262. The second-order valence-corrected chi connectivity index (χ2v) is 5.68. The van der Waals surface area contributed by atoms with Gasteiger partial charge in [-0.15, -0.1) is 0 Å². The summed E-state index contributed by atoms with van der Waals surface area (Å²) in [5.41, 5.74) is 1.10. The fourth-order valence-electron chi connectivity index (χ4n) is 2.25. The molecule has 0 aromatic carbocycles. The number of thiocarbonyl (C=S) groups is 1. The Bertz CT molecular complexity index is 426. The summed E-state index contributed by atoms with van der Waals surface area (Å²) in [6, 6.07) is 7.58. The molecule has 4 heteroatoms. The summed E-state index contributed by atoms with van der Waals surface area (Å²) in [6.45, 7) is 2.20. The highest BCUT2D eigenvalue weighted by atomic mass is 32.1. The Kier molecular flexibility index (Phi) is 3.20. The van der Waals surface area contributed by atoms with Gasteiger partial charge in [-0.1, -0.05) is 6.07 Å². The zero-order chi connectivity index (χ0) is 12.5. The summed E-state index contributed by atoms with van der Waals surface area (Å²) in [6.07, 6.45) is 6.88. The molecule has 1 heterocycles. The minimum Gasteiger partial charge on any atom is -0.360 e. The topological polar surface area (TPSA) is 28.2 Å². The van der Waals surface area contributed by atoms with Gasteiger partial charge in [0.2, 0.25) is 0 Å². The number of rotatable bonds is 4. The SMILES string of the molecule is CC(c1ccccn1)N(C(=S)NC1CC1)C1CC1. The number of aromatic nitrogens is 1. The quantitative estimate of drug-likeness (QED) is 0.843. The maximum absolute atomic E-state index is 5.57. The van der Waals surface area contributed by atoms with Gasteiger partial charge in [-0.25, -0.2) is 0 Å². The first-order valence-corrected chi connectivity index (χ1v) is 7.16. The van der Waals surface area contributed by atoms with E-state index in [-0.39, 0.29) is 6.04 Å². The Hall–Kier alpha value is -1.16. The van der Waals surface area contributed by atoms with Crippen LogP contribution in [0.3, 0.4) is 0 Å². The molecule has 1 atom stereocenters. The van der Waals surface area contributed by atoms with E-state index in [9.17, 15) is 0 Å². The molecule has 0 bridgehead atoms. The Morgan fingerprint density at radius 2 is 2.17 bits per heavy atom. The second-order valence-electron chi connectivity index (χ2n) is 5.29. The molecule has 0 amide bonds. The molecule has 2 aliphatic carbocycles. The Morgan fingerprint density at radius 3 is 2.72 bits per heavy atom. The molecular weight excluding hydrogens is 242 g/mol. The van der Waals surface area contributed by atoms with Gasteiger partial charge >= 0.3 is 0 Å². The highest BCUT2D eigenvalue weighted by molar-refractivity contribution is 7.80. The molecule has 18 heavy (non-hydrogen) atoms. The lowest BCUT2D eigenvalue weighted by atomic mass is 10.2. The van der Waals surface area contributed by atoms with Crippen molar-refractivity contribution in [2.75, 3.05) is 0 Å². The van der Waals surface area contributed by atoms with Gasteiger partial charge in [0, 0.05) is 18.3 Å². The molecule has 0 aliphatic heterocycles. The molecular formula is C14H19N3S. The van der Waals surface area contributed by atoms with Crippen molar-refractivity contribution in [2.24, 2.45) is 0 Å². The van der Waals surface area contributed by atoms with Gasteiger partial charge in [-0.2, -0.15) is 0 Å². The van der Waals surface area contributed by atoms with E-state index in [2.05, 4.69) is 28.2 Å². The lowest BCUT2D eigenvalue weighted by Crippen LogP contribution is -2.43. The Labute approximate surface area is 114 Å². The molecule has 0 saturated heterocycles. The molecule has 3 rings (SSSR count). The molecule has 96 valence electrons. The number of pyridine rings is 1. The molecule has 1 unspecified atom stereocenters. The van der Waals surface area contributed by atoms with Gasteiger partial charge in [0.1, 0.15) is 0 Å². The Morgan fingerprint density at radius 1 is 1.39 bits per heavy atom. The van der Waals surface area contributed by atoms with E-state index < -0.39 is 0 Å². The minimum absolute atomic E-state index is 0.262. The third-order valence-corrected chi connectivity index (χ3v) is 3.94.